The third-order valence-electron chi connectivity index (χ3n) is 4.47. The van der Waals surface area contributed by atoms with Crippen molar-refractivity contribution < 1.29 is 9.53 Å². The number of amides is 1. The van der Waals surface area contributed by atoms with Crippen LogP contribution in [0.25, 0.3) is 10.2 Å². The third-order valence-corrected chi connectivity index (χ3v) is 5.82. The lowest BCUT2D eigenvalue weighted by atomic mass is 10.1. The number of carbonyl (C=O) groups excluding carboxylic acids is 1. The van der Waals surface area contributed by atoms with Crippen molar-refractivity contribution in [2.75, 3.05) is 38.7 Å². The molecule has 0 aliphatic carbocycles. The zero-order chi connectivity index (χ0) is 20.8. The molecular formula is C22H26ClN3O2S. The Morgan fingerprint density at radius 2 is 1.90 bits per heavy atom. The maximum atomic E-state index is 13.2. The molecule has 2 aromatic carbocycles. The minimum atomic E-state index is 0.0306. The van der Waals surface area contributed by atoms with Crippen LogP contribution in [0.15, 0.2) is 42.5 Å². The molecule has 5 nitrogen and oxygen atoms in total. The number of fused-ring (bicyclic) bond motifs is 1. The largest absolute Gasteiger partial charge is 0.494 e. The summed E-state index contributed by atoms with van der Waals surface area (Å²) in [4.78, 5) is 21.8. The van der Waals surface area contributed by atoms with Gasteiger partial charge in [0.05, 0.1) is 22.8 Å². The van der Waals surface area contributed by atoms with Gasteiger partial charge in [0, 0.05) is 6.54 Å². The SMILES string of the molecule is CCOc1ccc(CC(=O)N(CCCN(C)C)c2nc3c(Cl)cccc3s2)cc1. The van der Waals surface area contributed by atoms with E-state index < -0.39 is 0 Å². The summed E-state index contributed by atoms with van der Waals surface area (Å²) in [7, 11) is 4.06. The van der Waals surface area contributed by atoms with Crippen molar-refractivity contribution in [2.24, 2.45) is 0 Å². The molecule has 0 aliphatic rings. The smallest absolute Gasteiger partial charge is 0.233 e. The summed E-state index contributed by atoms with van der Waals surface area (Å²) in [5.74, 6) is 0.843. The Bertz CT molecular complexity index is 956. The number of aromatic nitrogens is 1. The van der Waals surface area contributed by atoms with Crippen molar-refractivity contribution in [2.45, 2.75) is 19.8 Å². The molecule has 1 heterocycles. The number of hydrogen-bond donors (Lipinski definition) is 0. The number of carbonyl (C=O) groups is 1. The van der Waals surface area contributed by atoms with E-state index in [4.69, 9.17) is 16.3 Å². The van der Waals surface area contributed by atoms with Crippen LogP contribution in [0.2, 0.25) is 5.02 Å². The Morgan fingerprint density at radius 3 is 2.55 bits per heavy atom. The fraction of sp³-hybridized carbons (Fsp3) is 0.364. The van der Waals surface area contributed by atoms with Gasteiger partial charge in [-0.1, -0.05) is 41.1 Å². The van der Waals surface area contributed by atoms with E-state index >= 15 is 0 Å². The number of thiazole rings is 1. The van der Waals surface area contributed by atoms with Gasteiger partial charge in [-0.25, -0.2) is 4.98 Å². The van der Waals surface area contributed by atoms with Crippen molar-refractivity contribution >= 4 is 44.2 Å². The van der Waals surface area contributed by atoms with E-state index in [2.05, 4.69) is 9.88 Å². The van der Waals surface area contributed by atoms with E-state index in [9.17, 15) is 4.79 Å². The number of halogens is 1. The summed E-state index contributed by atoms with van der Waals surface area (Å²) in [6, 6.07) is 13.4. The molecule has 3 rings (SSSR count). The van der Waals surface area contributed by atoms with Crippen LogP contribution in [0.3, 0.4) is 0 Å². The second-order valence-corrected chi connectivity index (χ2v) is 8.46. The quantitative estimate of drug-likeness (QED) is 0.484. The first kappa shape index (κ1) is 21.6. The number of anilines is 1. The van der Waals surface area contributed by atoms with Crippen LogP contribution in [0.1, 0.15) is 18.9 Å². The topological polar surface area (TPSA) is 45.7 Å². The lowest BCUT2D eigenvalue weighted by Gasteiger charge is -2.21. The number of rotatable bonds is 9. The van der Waals surface area contributed by atoms with Gasteiger partial charge in [-0.15, -0.1) is 0 Å². The van der Waals surface area contributed by atoms with Gasteiger partial charge in [-0.2, -0.15) is 0 Å². The number of para-hydroxylation sites is 1. The summed E-state index contributed by atoms with van der Waals surface area (Å²) in [5.41, 5.74) is 1.70. The highest BCUT2D eigenvalue weighted by atomic mass is 35.5. The van der Waals surface area contributed by atoms with Gasteiger partial charge < -0.3 is 9.64 Å². The molecule has 29 heavy (non-hydrogen) atoms. The van der Waals surface area contributed by atoms with E-state index in [1.807, 2.05) is 63.5 Å². The van der Waals surface area contributed by atoms with Crippen molar-refractivity contribution in [1.29, 1.82) is 0 Å². The summed E-state index contributed by atoms with van der Waals surface area (Å²) in [5, 5.41) is 1.31. The molecule has 0 aliphatic heterocycles. The minimum Gasteiger partial charge on any atom is -0.494 e. The predicted molar refractivity (Wildman–Crippen MR) is 121 cm³/mol. The molecule has 7 heteroatoms. The number of benzene rings is 2. The Morgan fingerprint density at radius 1 is 1.14 bits per heavy atom. The van der Waals surface area contributed by atoms with Gasteiger partial charge in [0.15, 0.2) is 5.13 Å². The third kappa shape index (κ3) is 5.69. The van der Waals surface area contributed by atoms with Gasteiger partial charge in [-0.05, 0) is 63.8 Å². The summed E-state index contributed by atoms with van der Waals surface area (Å²) in [6.07, 6.45) is 1.18. The standard InChI is InChI=1S/C22H26ClN3O2S/c1-4-28-17-11-9-16(10-12-17)15-20(27)26(14-6-13-25(2)3)22-24-21-18(23)7-5-8-19(21)29-22/h5,7-12H,4,6,13-15H2,1-3H3. The Kier molecular flexibility index (Phi) is 7.47. The first-order chi connectivity index (χ1) is 14.0. The number of hydrogen-bond acceptors (Lipinski definition) is 5. The highest BCUT2D eigenvalue weighted by Gasteiger charge is 2.20. The van der Waals surface area contributed by atoms with Gasteiger partial charge in [0.1, 0.15) is 11.3 Å². The molecule has 0 radical (unpaired) electrons. The lowest BCUT2D eigenvalue weighted by Crippen LogP contribution is -2.34. The average molecular weight is 432 g/mol. The van der Waals surface area contributed by atoms with Gasteiger partial charge >= 0.3 is 0 Å². The molecule has 1 amide bonds. The molecule has 0 saturated carbocycles. The second kappa shape index (κ2) is 10.1. The van der Waals surface area contributed by atoms with Gasteiger partial charge in [0.25, 0.3) is 0 Å². The first-order valence-electron chi connectivity index (χ1n) is 9.70. The number of ether oxygens (including phenoxy) is 1. The van der Waals surface area contributed by atoms with Crippen LogP contribution in [-0.4, -0.2) is 49.6 Å². The molecule has 3 aromatic rings. The molecule has 0 N–H and O–H groups in total. The highest BCUT2D eigenvalue weighted by molar-refractivity contribution is 7.22. The zero-order valence-electron chi connectivity index (χ0n) is 17.0. The second-order valence-electron chi connectivity index (χ2n) is 7.04. The molecule has 0 spiro atoms. The molecule has 0 saturated heterocycles. The van der Waals surface area contributed by atoms with Crippen molar-refractivity contribution in [3.8, 4) is 5.75 Å². The number of nitrogens with zero attached hydrogens (tertiary/aromatic N) is 3. The molecule has 1 aromatic heterocycles. The fourth-order valence-electron chi connectivity index (χ4n) is 3.03. The van der Waals surface area contributed by atoms with Crippen molar-refractivity contribution in [1.82, 2.24) is 9.88 Å². The molecule has 0 fully saturated rings. The highest BCUT2D eigenvalue weighted by Crippen LogP contribution is 2.33. The summed E-state index contributed by atoms with van der Waals surface area (Å²) >= 11 is 7.80. The molecule has 0 unspecified atom stereocenters. The average Bonchev–Trinajstić information content (AvgIpc) is 3.12. The van der Waals surface area contributed by atoms with Crippen molar-refractivity contribution in [3.63, 3.8) is 0 Å². The van der Waals surface area contributed by atoms with Crippen LogP contribution >= 0.6 is 22.9 Å². The van der Waals surface area contributed by atoms with Crippen LogP contribution < -0.4 is 9.64 Å². The minimum absolute atomic E-state index is 0.0306. The summed E-state index contributed by atoms with van der Waals surface area (Å²) in [6.45, 7) is 4.09. The van der Waals surface area contributed by atoms with E-state index in [-0.39, 0.29) is 5.91 Å². The van der Waals surface area contributed by atoms with E-state index in [1.165, 1.54) is 11.3 Å². The molecule has 0 bridgehead atoms. The van der Waals surface area contributed by atoms with E-state index in [0.717, 1.165) is 34.5 Å². The van der Waals surface area contributed by atoms with Gasteiger partial charge in [-0.3, -0.25) is 9.69 Å². The molecular weight excluding hydrogens is 406 g/mol. The Balaban J connectivity index is 1.81. The molecule has 0 atom stereocenters. The maximum Gasteiger partial charge on any atom is 0.233 e. The van der Waals surface area contributed by atoms with Crippen LogP contribution in [0, 0.1) is 0 Å². The Labute approximate surface area is 180 Å². The monoisotopic (exact) mass is 431 g/mol. The predicted octanol–water partition coefficient (Wildman–Crippen LogP) is 4.88. The van der Waals surface area contributed by atoms with Crippen LogP contribution in [0.5, 0.6) is 5.75 Å². The first-order valence-corrected chi connectivity index (χ1v) is 10.9. The zero-order valence-corrected chi connectivity index (χ0v) is 18.6. The normalized spacial score (nSPS) is 11.2. The molecule has 154 valence electrons. The maximum absolute atomic E-state index is 13.2. The van der Waals surface area contributed by atoms with E-state index in [0.29, 0.717) is 29.7 Å². The summed E-state index contributed by atoms with van der Waals surface area (Å²) < 4.78 is 6.47. The Hall–Kier alpha value is -2.15. The van der Waals surface area contributed by atoms with Crippen LogP contribution in [0.4, 0.5) is 5.13 Å². The fourth-order valence-corrected chi connectivity index (χ4v) is 4.34. The van der Waals surface area contributed by atoms with Gasteiger partial charge in [0.2, 0.25) is 5.91 Å². The lowest BCUT2D eigenvalue weighted by molar-refractivity contribution is -0.118. The van der Waals surface area contributed by atoms with Crippen molar-refractivity contribution in [3.05, 3.63) is 53.1 Å². The van der Waals surface area contributed by atoms with E-state index in [1.54, 1.807) is 4.90 Å². The van der Waals surface area contributed by atoms with Crippen LogP contribution in [-0.2, 0) is 11.2 Å².